The number of urea groups is 1. The van der Waals surface area contributed by atoms with Crippen LogP contribution in [-0.2, 0) is 20.9 Å². The minimum absolute atomic E-state index is 0. The highest BCUT2D eigenvalue weighted by Crippen LogP contribution is 2.29. The number of rotatable bonds is 6. The Kier molecular flexibility index (Phi) is 12.5. The summed E-state index contributed by atoms with van der Waals surface area (Å²) in [4.78, 5) is 39.8. The van der Waals surface area contributed by atoms with Gasteiger partial charge in [-0.2, -0.15) is 0 Å². The number of halogens is 1. The summed E-state index contributed by atoms with van der Waals surface area (Å²) in [6, 6.07) is 11.8. The van der Waals surface area contributed by atoms with Crippen molar-refractivity contribution in [3.63, 3.8) is 0 Å². The average Bonchev–Trinajstić information content (AvgIpc) is 2.94. The second-order valence-electron chi connectivity index (χ2n) is 9.55. The second-order valence-corrected chi connectivity index (χ2v) is 9.55. The number of likely N-dealkylation sites (tertiary alicyclic amines) is 1. The van der Waals surface area contributed by atoms with E-state index in [-0.39, 0.29) is 62.5 Å². The number of methoxy groups -OCH3 is 1. The summed E-state index contributed by atoms with van der Waals surface area (Å²) in [7, 11) is 3.31. The van der Waals surface area contributed by atoms with Crippen LogP contribution in [0.15, 0.2) is 42.5 Å². The first-order valence-electron chi connectivity index (χ1n) is 13.4. The number of ether oxygens (including phenoxy) is 4. The molecule has 2 aromatic rings. The predicted octanol–water partition coefficient (Wildman–Crippen LogP) is 1.67. The summed E-state index contributed by atoms with van der Waals surface area (Å²) < 4.78 is 23.2. The van der Waals surface area contributed by atoms with Crippen molar-refractivity contribution in [1.82, 2.24) is 26.2 Å². The van der Waals surface area contributed by atoms with E-state index in [2.05, 4.69) is 21.3 Å². The molecule has 224 valence electrons. The maximum Gasteiger partial charge on any atom is 0.315 e. The molecule has 2 aliphatic rings. The fourth-order valence-electron chi connectivity index (χ4n) is 4.54. The summed E-state index contributed by atoms with van der Waals surface area (Å²) in [5, 5.41) is 11.5. The lowest BCUT2D eigenvalue weighted by molar-refractivity contribution is -0.135. The standard InChI is InChI=1S/C28H37N5O7.ClH/c1-29-16-26(34)33-9-6-24-25(17-33)39-18-19-4-3-5-21(12-19)40-23-14-20(13-22(15-23)38-11-10-37-2)27(35)30-7-8-31-28(36)32-24;/h3-5,12-15,24-25,29H,6-11,16-18H2,1-2H3,(H,30,35)(H2,31,32,36);1H/t24-,25-;/m0./s1. The average molecular weight is 592 g/mol. The third-order valence-corrected chi connectivity index (χ3v) is 6.55. The van der Waals surface area contributed by atoms with Gasteiger partial charge in [0.1, 0.15) is 23.9 Å². The molecule has 12 nitrogen and oxygen atoms in total. The predicted molar refractivity (Wildman–Crippen MR) is 154 cm³/mol. The minimum Gasteiger partial charge on any atom is -0.491 e. The highest BCUT2D eigenvalue weighted by atomic mass is 35.5. The first-order chi connectivity index (χ1) is 19.4. The van der Waals surface area contributed by atoms with Crippen molar-refractivity contribution < 1.29 is 33.3 Å². The van der Waals surface area contributed by atoms with E-state index in [1.54, 1.807) is 37.3 Å². The lowest BCUT2D eigenvalue weighted by atomic mass is 10.0. The van der Waals surface area contributed by atoms with Gasteiger partial charge in [-0.05, 0) is 43.3 Å². The molecule has 13 heteroatoms. The van der Waals surface area contributed by atoms with Crippen molar-refractivity contribution in [2.75, 3.05) is 60.1 Å². The molecule has 0 spiro atoms. The molecule has 4 amide bonds. The van der Waals surface area contributed by atoms with E-state index in [1.165, 1.54) is 0 Å². The molecule has 0 aliphatic carbocycles. The van der Waals surface area contributed by atoms with Crippen molar-refractivity contribution >= 4 is 30.3 Å². The van der Waals surface area contributed by atoms with Crippen molar-refractivity contribution in [2.24, 2.45) is 0 Å². The molecule has 4 rings (SSSR count). The molecule has 2 aromatic carbocycles. The van der Waals surface area contributed by atoms with Gasteiger partial charge in [0, 0.05) is 44.9 Å². The summed E-state index contributed by atoms with van der Waals surface area (Å²) in [5.41, 5.74) is 1.21. The van der Waals surface area contributed by atoms with E-state index in [1.807, 2.05) is 24.3 Å². The van der Waals surface area contributed by atoms with Crippen LogP contribution in [0.1, 0.15) is 22.3 Å². The van der Waals surface area contributed by atoms with Crippen molar-refractivity contribution in [1.29, 1.82) is 0 Å². The normalized spacial score (nSPS) is 19.5. The van der Waals surface area contributed by atoms with E-state index in [0.717, 1.165) is 5.56 Å². The van der Waals surface area contributed by atoms with Gasteiger partial charge >= 0.3 is 6.03 Å². The third kappa shape index (κ3) is 9.49. The summed E-state index contributed by atoms with van der Waals surface area (Å²) >= 11 is 0. The van der Waals surface area contributed by atoms with Crippen molar-refractivity contribution in [3.8, 4) is 17.2 Å². The molecule has 2 aliphatic heterocycles. The van der Waals surface area contributed by atoms with Crippen LogP contribution in [0.4, 0.5) is 4.79 Å². The first-order valence-corrected chi connectivity index (χ1v) is 13.4. The molecule has 41 heavy (non-hydrogen) atoms. The number of benzene rings is 2. The number of carbonyl (C=O) groups is 3. The van der Waals surface area contributed by atoms with E-state index in [4.69, 9.17) is 18.9 Å². The van der Waals surface area contributed by atoms with Gasteiger partial charge in [0.15, 0.2) is 0 Å². The molecule has 1 saturated heterocycles. The van der Waals surface area contributed by atoms with Crippen LogP contribution in [0.25, 0.3) is 0 Å². The Morgan fingerprint density at radius 2 is 1.93 bits per heavy atom. The summed E-state index contributed by atoms with van der Waals surface area (Å²) in [5.74, 6) is 1.11. The molecule has 2 heterocycles. The van der Waals surface area contributed by atoms with Crippen LogP contribution < -0.4 is 30.7 Å². The lowest BCUT2D eigenvalue weighted by Gasteiger charge is -2.38. The van der Waals surface area contributed by atoms with Crippen LogP contribution in [0.5, 0.6) is 17.2 Å². The Morgan fingerprint density at radius 3 is 2.73 bits per heavy atom. The van der Waals surface area contributed by atoms with Gasteiger partial charge in [0.25, 0.3) is 5.91 Å². The highest BCUT2D eigenvalue weighted by molar-refractivity contribution is 5.95. The highest BCUT2D eigenvalue weighted by Gasteiger charge is 2.33. The molecule has 0 radical (unpaired) electrons. The monoisotopic (exact) mass is 591 g/mol. The van der Waals surface area contributed by atoms with Gasteiger partial charge in [0.2, 0.25) is 5.91 Å². The maximum absolute atomic E-state index is 12.9. The molecule has 1 fully saturated rings. The van der Waals surface area contributed by atoms with Gasteiger partial charge < -0.3 is 45.1 Å². The number of hydrogen-bond donors (Lipinski definition) is 4. The Balaban J connectivity index is 0.00000462. The van der Waals surface area contributed by atoms with Crippen LogP contribution in [0.2, 0.25) is 0 Å². The van der Waals surface area contributed by atoms with Crippen LogP contribution in [0.3, 0.4) is 0 Å². The van der Waals surface area contributed by atoms with Crippen molar-refractivity contribution in [2.45, 2.75) is 25.2 Å². The molecule has 4 N–H and O–H groups in total. The quantitative estimate of drug-likeness (QED) is 0.372. The first kappa shape index (κ1) is 31.9. The third-order valence-electron chi connectivity index (χ3n) is 6.55. The number of amides is 4. The zero-order valence-electron chi connectivity index (χ0n) is 23.3. The number of nitrogens with one attached hydrogen (secondary N) is 4. The second kappa shape index (κ2) is 16.0. The van der Waals surface area contributed by atoms with Crippen molar-refractivity contribution in [3.05, 3.63) is 53.6 Å². The fraction of sp³-hybridized carbons (Fsp3) is 0.464. The maximum atomic E-state index is 12.9. The largest absolute Gasteiger partial charge is 0.491 e. The molecular formula is C28H38ClN5O7. The summed E-state index contributed by atoms with van der Waals surface area (Å²) in [6.45, 7) is 2.51. The summed E-state index contributed by atoms with van der Waals surface area (Å²) in [6.07, 6.45) is 0.142. The van der Waals surface area contributed by atoms with E-state index in [9.17, 15) is 14.4 Å². The molecular weight excluding hydrogens is 554 g/mol. The lowest BCUT2D eigenvalue weighted by Crippen LogP contribution is -2.58. The van der Waals surface area contributed by atoms with E-state index in [0.29, 0.717) is 55.5 Å². The Labute approximate surface area is 245 Å². The van der Waals surface area contributed by atoms with E-state index < -0.39 is 6.10 Å². The van der Waals surface area contributed by atoms with Gasteiger partial charge in [-0.25, -0.2) is 4.79 Å². The Hall–Kier alpha value is -3.58. The number of likely N-dealkylation sites (N-methyl/N-ethyl adjacent to an activating group) is 1. The molecule has 2 atom stereocenters. The number of fused-ring (bicyclic) bond motifs is 5. The Morgan fingerprint density at radius 1 is 1.10 bits per heavy atom. The Bertz CT molecular complexity index is 1180. The fourth-order valence-corrected chi connectivity index (χ4v) is 4.54. The molecule has 0 aromatic heterocycles. The van der Waals surface area contributed by atoms with Crippen LogP contribution in [0, 0.1) is 0 Å². The van der Waals surface area contributed by atoms with Crippen LogP contribution in [-0.4, -0.2) is 95.0 Å². The van der Waals surface area contributed by atoms with Gasteiger partial charge in [0.05, 0.1) is 31.9 Å². The van der Waals surface area contributed by atoms with Gasteiger partial charge in [-0.3, -0.25) is 9.59 Å². The SMILES string of the molecule is CNCC(=O)N1CC[C@@H]2NC(=O)NCCNC(=O)c3cc(OCCOC)cc(c3)Oc3cccc(c3)CO[C@H]2C1.Cl. The zero-order chi connectivity index (χ0) is 28.3. The van der Waals surface area contributed by atoms with Crippen LogP contribution >= 0.6 is 12.4 Å². The smallest absolute Gasteiger partial charge is 0.315 e. The number of hydrogen-bond acceptors (Lipinski definition) is 8. The molecule has 0 saturated carbocycles. The minimum atomic E-state index is -0.410. The molecule has 0 unspecified atom stereocenters. The van der Waals surface area contributed by atoms with Gasteiger partial charge in [-0.15, -0.1) is 12.4 Å². The zero-order valence-corrected chi connectivity index (χ0v) is 24.1. The van der Waals surface area contributed by atoms with E-state index >= 15 is 0 Å². The van der Waals surface area contributed by atoms with Gasteiger partial charge in [-0.1, -0.05) is 12.1 Å². The molecule has 4 bridgehead atoms. The number of piperidine rings is 1. The topological polar surface area (TPSA) is 139 Å². The number of carbonyl (C=O) groups excluding carboxylic acids is 3. The number of nitrogens with zero attached hydrogens (tertiary/aromatic N) is 1.